The van der Waals surface area contributed by atoms with Gasteiger partial charge in [-0.25, -0.2) is 8.78 Å². The molecule has 0 amide bonds. The molecular weight excluding hydrogens is 234 g/mol. The molecule has 18 heavy (non-hydrogen) atoms. The lowest BCUT2D eigenvalue weighted by Gasteiger charge is -2.07. The fourth-order valence-corrected chi connectivity index (χ4v) is 1.72. The first-order chi connectivity index (χ1) is 8.70. The fourth-order valence-electron chi connectivity index (χ4n) is 1.72. The number of benzene rings is 1. The first kappa shape index (κ1) is 12.6. The monoisotopic (exact) mass is 248 g/mol. The van der Waals surface area contributed by atoms with Crippen LogP contribution in [0.1, 0.15) is 12.5 Å². The Labute approximate surface area is 105 Å². The second kappa shape index (κ2) is 5.69. The quantitative estimate of drug-likeness (QED) is 0.899. The average molecular weight is 248 g/mol. The smallest absolute Gasteiger partial charge is 0.142 e. The van der Waals surface area contributed by atoms with Crippen LogP contribution in [-0.2, 0) is 6.54 Å². The van der Waals surface area contributed by atoms with Gasteiger partial charge < -0.3 is 5.32 Å². The van der Waals surface area contributed by atoms with E-state index < -0.39 is 5.82 Å². The van der Waals surface area contributed by atoms with Crippen LogP contribution >= 0.6 is 0 Å². The molecule has 2 aromatic rings. The van der Waals surface area contributed by atoms with Crippen LogP contribution in [0, 0.1) is 11.6 Å². The lowest BCUT2D eigenvalue weighted by Crippen LogP contribution is -2.12. The van der Waals surface area contributed by atoms with E-state index in [1.807, 2.05) is 6.92 Å². The highest BCUT2D eigenvalue weighted by atomic mass is 19.1. The summed E-state index contributed by atoms with van der Waals surface area (Å²) in [7, 11) is 0. The van der Waals surface area contributed by atoms with Gasteiger partial charge in [-0.3, -0.25) is 4.98 Å². The van der Waals surface area contributed by atoms with Gasteiger partial charge in [0.1, 0.15) is 11.6 Å². The molecule has 0 atom stereocenters. The van der Waals surface area contributed by atoms with E-state index in [1.54, 1.807) is 18.3 Å². The molecule has 94 valence electrons. The Kier molecular flexibility index (Phi) is 3.99. The van der Waals surface area contributed by atoms with Crippen molar-refractivity contribution in [1.82, 2.24) is 10.3 Å². The molecule has 1 N–H and O–H groups in total. The molecule has 0 saturated carbocycles. The maximum Gasteiger partial charge on any atom is 0.142 e. The summed E-state index contributed by atoms with van der Waals surface area (Å²) in [5.41, 5.74) is 1.97. The number of pyridine rings is 1. The van der Waals surface area contributed by atoms with Crippen LogP contribution in [0.15, 0.2) is 36.7 Å². The summed E-state index contributed by atoms with van der Waals surface area (Å²) in [5, 5.41) is 3.07. The van der Waals surface area contributed by atoms with Gasteiger partial charge in [0.15, 0.2) is 0 Å². The van der Waals surface area contributed by atoms with E-state index in [1.165, 1.54) is 12.1 Å². The normalized spacial score (nSPS) is 10.6. The highest BCUT2D eigenvalue weighted by Crippen LogP contribution is 2.22. The van der Waals surface area contributed by atoms with E-state index >= 15 is 0 Å². The van der Waals surface area contributed by atoms with Crippen LogP contribution in [0.5, 0.6) is 0 Å². The van der Waals surface area contributed by atoms with Gasteiger partial charge in [0.2, 0.25) is 0 Å². The fraction of sp³-hybridized carbons (Fsp3) is 0.214. The van der Waals surface area contributed by atoms with Gasteiger partial charge in [0, 0.05) is 23.9 Å². The minimum absolute atomic E-state index is 0.260. The van der Waals surface area contributed by atoms with Crippen molar-refractivity contribution in [3.05, 3.63) is 53.9 Å². The Balaban J connectivity index is 2.34. The van der Waals surface area contributed by atoms with E-state index in [-0.39, 0.29) is 5.82 Å². The van der Waals surface area contributed by atoms with Gasteiger partial charge in [-0.2, -0.15) is 0 Å². The van der Waals surface area contributed by atoms with Gasteiger partial charge in [-0.05, 0) is 30.3 Å². The van der Waals surface area contributed by atoms with E-state index in [0.717, 1.165) is 18.3 Å². The number of aromatic nitrogens is 1. The summed E-state index contributed by atoms with van der Waals surface area (Å²) in [4.78, 5) is 3.79. The molecule has 0 spiro atoms. The maximum absolute atomic E-state index is 13.6. The van der Waals surface area contributed by atoms with Crippen molar-refractivity contribution in [3.8, 4) is 11.1 Å². The zero-order valence-electron chi connectivity index (χ0n) is 10.1. The zero-order chi connectivity index (χ0) is 13.0. The Morgan fingerprint density at radius 1 is 1.11 bits per heavy atom. The number of rotatable bonds is 4. The van der Waals surface area contributed by atoms with Gasteiger partial charge >= 0.3 is 0 Å². The van der Waals surface area contributed by atoms with Gasteiger partial charge in [-0.1, -0.05) is 13.0 Å². The summed E-state index contributed by atoms with van der Waals surface area (Å²) >= 11 is 0. The molecule has 1 heterocycles. The molecule has 0 bridgehead atoms. The minimum Gasteiger partial charge on any atom is -0.313 e. The largest absolute Gasteiger partial charge is 0.313 e. The Morgan fingerprint density at radius 3 is 2.67 bits per heavy atom. The molecule has 0 saturated heterocycles. The number of nitrogens with one attached hydrogen (secondary N) is 1. The molecule has 0 fully saturated rings. The lowest BCUT2D eigenvalue weighted by molar-refractivity contribution is 0.593. The van der Waals surface area contributed by atoms with E-state index in [2.05, 4.69) is 10.3 Å². The number of halogens is 2. The van der Waals surface area contributed by atoms with Crippen molar-refractivity contribution in [2.75, 3.05) is 6.54 Å². The highest BCUT2D eigenvalue weighted by molar-refractivity contribution is 5.63. The third-order valence-electron chi connectivity index (χ3n) is 2.65. The van der Waals surface area contributed by atoms with Crippen molar-refractivity contribution in [1.29, 1.82) is 0 Å². The van der Waals surface area contributed by atoms with Gasteiger partial charge in [0.25, 0.3) is 0 Å². The molecular formula is C14H14F2N2. The molecule has 0 unspecified atom stereocenters. The summed E-state index contributed by atoms with van der Waals surface area (Å²) in [6, 6.07) is 6.12. The van der Waals surface area contributed by atoms with E-state index in [9.17, 15) is 8.78 Å². The predicted octanol–water partition coefficient (Wildman–Crippen LogP) is 3.14. The Morgan fingerprint density at radius 2 is 1.94 bits per heavy atom. The van der Waals surface area contributed by atoms with Crippen molar-refractivity contribution < 1.29 is 8.78 Å². The van der Waals surface area contributed by atoms with Crippen LogP contribution in [0.3, 0.4) is 0 Å². The third-order valence-corrected chi connectivity index (χ3v) is 2.65. The first-order valence-corrected chi connectivity index (χ1v) is 5.80. The molecule has 0 aliphatic heterocycles. The molecule has 2 rings (SSSR count). The van der Waals surface area contributed by atoms with Gasteiger partial charge in [0.05, 0.1) is 6.20 Å². The van der Waals surface area contributed by atoms with Crippen molar-refractivity contribution in [2.45, 2.75) is 13.5 Å². The second-order valence-electron chi connectivity index (χ2n) is 3.98. The molecule has 1 aromatic heterocycles. The van der Waals surface area contributed by atoms with Crippen LogP contribution in [0.25, 0.3) is 11.1 Å². The van der Waals surface area contributed by atoms with E-state index in [4.69, 9.17) is 0 Å². The van der Waals surface area contributed by atoms with Crippen molar-refractivity contribution in [2.24, 2.45) is 0 Å². The topological polar surface area (TPSA) is 24.9 Å². The van der Waals surface area contributed by atoms with Crippen LogP contribution < -0.4 is 5.32 Å². The Bertz CT molecular complexity index is 541. The molecule has 2 nitrogen and oxygen atoms in total. The van der Waals surface area contributed by atoms with Crippen LogP contribution in [0.2, 0.25) is 0 Å². The summed E-state index contributed by atoms with van der Waals surface area (Å²) in [5.74, 6) is -0.658. The van der Waals surface area contributed by atoms with Crippen LogP contribution in [-0.4, -0.2) is 11.5 Å². The molecule has 0 aliphatic rings. The summed E-state index contributed by atoms with van der Waals surface area (Å²) in [6.07, 6.45) is 2.71. The second-order valence-corrected chi connectivity index (χ2v) is 3.98. The summed E-state index contributed by atoms with van der Waals surface area (Å²) < 4.78 is 26.6. The molecule has 4 heteroatoms. The number of nitrogens with zero attached hydrogens (tertiary/aromatic N) is 1. The van der Waals surface area contributed by atoms with Crippen LogP contribution in [0.4, 0.5) is 8.78 Å². The highest BCUT2D eigenvalue weighted by Gasteiger charge is 2.06. The standard InChI is InChI=1S/C14H14F2N2/c1-2-17-8-12-5-10(3-4-14(12)16)11-6-13(15)9-18-7-11/h3-7,9,17H,2,8H2,1H3. The average Bonchev–Trinajstić information content (AvgIpc) is 2.38. The van der Waals surface area contributed by atoms with Crippen molar-refractivity contribution in [3.63, 3.8) is 0 Å². The lowest BCUT2D eigenvalue weighted by atomic mass is 10.0. The van der Waals surface area contributed by atoms with Crippen molar-refractivity contribution >= 4 is 0 Å². The number of hydrogen-bond acceptors (Lipinski definition) is 2. The molecule has 0 radical (unpaired) electrons. The predicted molar refractivity (Wildman–Crippen MR) is 67.0 cm³/mol. The zero-order valence-corrected chi connectivity index (χ0v) is 10.1. The number of hydrogen-bond donors (Lipinski definition) is 1. The third kappa shape index (κ3) is 2.90. The van der Waals surface area contributed by atoms with Gasteiger partial charge in [-0.15, -0.1) is 0 Å². The SMILES string of the molecule is CCNCc1cc(-c2cncc(F)c2)ccc1F. The first-order valence-electron chi connectivity index (χ1n) is 5.80. The Hall–Kier alpha value is -1.81. The van der Waals surface area contributed by atoms with E-state index in [0.29, 0.717) is 17.7 Å². The minimum atomic E-state index is -0.398. The molecule has 1 aromatic carbocycles. The molecule has 0 aliphatic carbocycles. The maximum atomic E-state index is 13.6. The summed E-state index contributed by atoms with van der Waals surface area (Å²) in [6.45, 7) is 3.18.